The average molecular weight is 427 g/mol. The molecule has 1 aliphatic heterocycles. The first-order valence-corrected chi connectivity index (χ1v) is 9.06. The number of halogens is 4. The fourth-order valence-corrected chi connectivity index (χ4v) is 3.41. The van der Waals surface area contributed by atoms with Crippen molar-refractivity contribution in [2.24, 2.45) is 0 Å². The van der Waals surface area contributed by atoms with Gasteiger partial charge in [0.15, 0.2) is 0 Å². The number of amides is 3. The molecule has 2 heterocycles. The summed E-state index contributed by atoms with van der Waals surface area (Å²) in [4.78, 5) is 31.9. The fraction of sp³-hybridized carbons (Fsp3) is 0.316. The molecule has 1 aromatic heterocycles. The van der Waals surface area contributed by atoms with Gasteiger partial charge in [-0.05, 0) is 30.7 Å². The highest BCUT2D eigenvalue weighted by Crippen LogP contribution is 2.36. The molecule has 6 nitrogen and oxygen atoms in total. The summed E-state index contributed by atoms with van der Waals surface area (Å²) in [5.41, 5.74) is 0.525. The third-order valence-electron chi connectivity index (χ3n) is 4.69. The molecular formula is C19H18ClF3N4O2. The maximum Gasteiger partial charge on any atom is 0.417 e. The summed E-state index contributed by atoms with van der Waals surface area (Å²) >= 11 is 5.86. The third kappa shape index (κ3) is 4.29. The van der Waals surface area contributed by atoms with E-state index in [-0.39, 0.29) is 24.7 Å². The van der Waals surface area contributed by atoms with E-state index in [9.17, 15) is 22.8 Å². The number of carbonyl (C=O) groups excluding carboxylic acids is 2. The van der Waals surface area contributed by atoms with Crippen molar-refractivity contribution >= 4 is 29.2 Å². The largest absolute Gasteiger partial charge is 0.417 e. The van der Waals surface area contributed by atoms with E-state index in [1.807, 2.05) is 0 Å². The molecule has 2 aromatic rings. The zero-order valence-corrected chi connectivity index (χ0v) is 16.4. The molecule has 1 N–H and O–H groups in total. The second-order valence-electron chi connectivity index (χ2n) is 6.67. The molecule has 1 unspecified atom stereocenters. The molecular weight excluding hydrogens is 409 g/mol. The standard InChI is InChI=1S/C19H18ClF3N4O2/c1-11-8-13(6-7-24-11)27-10-15(26(2)18(27)29)17(28)25-9-12-4-3-5-14(16(12)20)19(21,22)23/h3-8,15H,9-10H2,1-2H3,(H,25,28). The molecule has 154 valence electrons. The summed E-state index contributed by atoms with van der Waals surface area (Å²) in [7, 11) is 1.50. The predicted molar refractivity (Wildman–Crippen MR) is 102 cm³/mol. The average Bonchev–Trinajstić information content (AvgIpc) is 2.95. The van der Waals surface area contributed by atoms with Gasteiger partial charge in [-0.15, -0.1) is 0 Å². The number of alkyl halides is 3. The summed E-state index contributed by atoms with van der Waals surface area (Å²) in [6.45, 7) is 1.71. The molecule has 29 heavy (non-hydrogen) atoms. The molecule has 1 saturated heterocycles. The number of nitrogens with one attached hydrogen (secondary N) is 1. The lowest BCUT2D eigenvalue weighted by molar-refractivity contribution is -0.137. The van der Waals surface area contributed by atoms with Crippen LogP contribution in [0.25, 0.3) is 0 Å². The number of likely N-dealkylation sites (N-methyl/N-ethyl adjacent to an activating group) is 1. The van der Waals surface area contributed by atoms with Crippen LogP contribution in [-0.2, 0) is 17.5 Å². The Labute approximate surface area is 170 Å². The van der Waals surface area contributed by atoms with Crippen LogP contribution < -0.4 is 10.2 Å². The lowest BCUT2D eigenvalue weighted by atomic mass is 10.1. The number of carbonyl (C=O) groups is 2. The number of aromatic nitrogens is 1. The Bertz CT molecular complexity index is 951. The van der Waals surface area contributed by atoms with Crippen molar-refractivity contribution in [1.82, 2.24) is 15.2 Å². The van der Waals surface area contributed by atoms with Gasteiger partial charge in [0.2, 0.25) is 5.91 Å². The number of hydrogen-bond donors (Lipinski definition) is 1. The summed E-state index contributed by atoms with van der Waals surface area (Å²) < 4.78 is 38.9. The van der Waals surface area contributed by atoms with Crippen molar-refractivity contribution in [2.75, 3.05) is 18.5 Å². The number of pyridine rings is 1. The number of aryl methyl sites for hydroxylation is 1. The van der Waals surface area contributed by atoms with Gasteiger partial charge in [0, 0.05) is 31.2 Å². The maximum absolute atomic E-state index is 13.0. The molecule has 0 aliphatic carbocycles. The fourth-order valence-electron chi connectivity index (χ4n) is 3.11. The Hall–Kier alpha value is -2.81. The second-order valence-corrected chi connectivity index (χ2v) is 7.05. The SMILES string of the molecule is Cc1cc(N2CC(C(=O)NCc3cccc(C(F)(F)F)c3Cl)N(C)C2=O)ccn1. The third-order valence-corrected chi connectivity index (χ3v) is 5.13. The van der Waals surface area contributed by atoms with Crippen LogP contribution in [0.5, 0.6) is 0 Å². The van der Waals surface area contributed by atoms with E-state index >= 15 is 0 Å². The van der Waals surface area contributed by atoms with Gasteiger partial charge in [0.05, 0.1) is 17.1 Å². The van der Waals surface area contributed by atoms with Gasteiger partial charge in [-0.1, -0.05) is 23.7 Å². The zero-order valence-electron chi connectivity index (χ0n) is 15.6. The van der Waals surface area contributed by atoms with Crippen molar-refractivity contribution < 1.29 is 22.8 Å². The van der Waals surface area contributed by atoms with Crippen LogP contribution in [0.4, 0.5) is 23.7 Å². The molecule has 1 aromatic carbocycles. The Morgan fingerprint density at radius 2 is 2.07 bits per heavy atom. The number of hydrogen-bond acceptors (Lipinski definition) is 3. The quantitative estimate of drug-likeness (QED) is 0.812. The monoisotopic (exact) mass is 426 g/mol. The van der Waals surface area contributed by atoms with Gasteiger partial charge in [0.1, 0.15) is 6.04 Å². The zero-order chi connectivity index (χ0) is 21.3. The van der Waals surface area contributed by atoms with Crippen LogP contribution in [0, 0.1) is 6.92 Å². The van der Waals surface area contributed by atoms with E-state index in [1.54, 1.807) is 25.3 Å². The maximum atomic E-state index is 13.0. The number of urea groups is 1. The van der Waals surface area contributed by atoms with Crippen molar-refractivity contribution in [3.05, 3.63) is 58.4 Å². The van der Waals surface area contributed by atoms with Crippen molar-refractivity contribution in [3.8, 4) is 0 Å². The molecule has 0 radical (unpaired) electrons. The van der Waals surface area contributed by atoms with Crippen LogP contribution in [0.1, 0.15) is 16.8 Å². The van der Waals surface area contributed by atoms with Gasteiger partial charge in [-0.3, -0.25) is 14.7 Å². The summed E-state index contributed by atoms with van der Waals surface area (Å²) in [5, 5.41) is 2.12. The minimum Gasteiger partial charge on any atom is -0.350 e. The lowest BCUT2D eigenvalue weighted by Gasteiger charge is -2.18. The van der Waals surface area contributed by atoms with Gasteiger partial charge < -0.3 is 10.2 Å². The summed E-state index contributed by atoms with van der Waals surface area (Å²) in [6, 6.07) is 5.78. The number of rotatable bonds is 4. The van der Waals surface area contributed by atoms with Crippen LogP contribution in [0.15, 0.2) is 36.5 Å². The van der Waals surface area contributed by atoms with Gasteiger partial charge in [-0.25, -0.2) is 4.79 Å². The van der Waals surface area contributed by atoms with Crippen LogP contribution in [0.3, 0.4) is 0 Å². The number of benzene rings is 1. The van der Waals surface area contributed by atoms with E-state index in [0.29, 0.717) is 5.69 Å². The molecule has 0 bridgehead atoms. The van der Waals surface area contributed by atoms with Gasteiger partial charge in [0.25, 0.3) is 0 Å². The molecule has 1 aliphatic rings. The lowest BCUT2D eigenvalue weighted by Crippen LogP contribution is -2.43. The highest BCUT2D eigenvalue weighted by molar-refractivity contribution is 6.32. The first-order valence-electron chi connectivity index (χ1n) is 8.69. The van der Waals surface area contributed by atoms with Crippen LogP contribution in [-0.4, -0.2) is 41.5 Å². The summed E-state index contributed by atoms with van der Waals surface area (Å²) in [5.74, 6) is -0.484. The van der Waals surface area contributed by atoms with E-state index in [2.05, 4.69) is 10.3 Å². The minimum absolute atomic E-state index is 0.112. The molecule has 1 atom stereocenters. The van der Waals surface area contributed by atoms with Crippen molar-refractivity contribution in [2.45, 2.75) is 25.7 Å². The highest BCUT2D eigenvalue weighted by atomic mass is 35.5. The predicted octanol–water partition coefficient (Wildman–Crippen LogP) is 3.62. The molecule has 0 saturated carbocycles. The van der Waals surface area contributed by atoms with Crippen molar-refractivity contribution in [1.29, 1.82) is 0 Å². The molecule has 1 fully saturated rings. The Morgan fingerprint density at radius 3 is 2.72 bits per heavy atom. The molecule has 3 rings (SSSR count). The Kier molecular flexibility index (Phi) is 5.70. The van der Waals surface area contributed by atoms with E-state index in [4.69, 9.17) is 11.6 Å². The highest BCUT2D eigenvalue weighted by Gasteiger charge is 2.40. The summed E-state index contributed by atoms with van der Waals surface area (Å²) in [6.07, 6.45) is -3.01. The van der Waals surface area contributed by atoms with Gasteiger partial charge in [-0.2, -0.15) is 13.2 Å². The van der Waals surface area contributed by atoms with Crippen molar-refractivity contribution in [3.63, 3.8) is 0 Å². The van der Waals surface area contributed by atoms with Crippen LogP contribution in [0.2, 0.25) is 5.02 Å². The van der Waals surface area contributed by atoms with E-state index < -0.39 is 28.7 Å². The minimum atomic E-state index is -4.58. The second kappa shape index (κ2) is 7.90. The van der Waals surface area contributed by atoms with Gasteiger partial charge >= 0.3 is 12.2 Å². The molecule has 0 spiro atoms. The molecule has 10 heteroatoms. The van der Waals surface area contributed by atoms with E-state index in [0.717, 1.165) is 11.8 Å². The topological polar surface area (TPSA) is 65.5 Å². The normalized spacial score (nSPS) is 17.0. The molecule has 3 amide bonds. The van der Waals surface area contributed by atoms with Crippen LogP contribution >= 0.6 is 11.6 Å². The first-order chi connectivity index (χ1) is 13.6. The Balaban J connectivity index is 1.71. The number of nitrogens with zero attached hydrogens (tertiary/aromatic N) is 3. The smallest absolute Gasteiger partial charge is 0.350 e. The van der Waals surface area contributed by atoms with E-state index in [1.165, 1.54) is 29.0 Å². The Morgan fingerprint density at radius 1 is 1.34 bits per heavy atom. The number of anilines is 1. The first kappa shape index (κ1) is 20.9.